The Morgan fingerprint density at radius 3 is 2.46 bits per heavy atom. The number of amides is 2. The maximum atomic E-state index is 12.8. The summed E-state index contributed by atoms with van der Waals surface area (Å²) in [6.07, 6.45) is 7.43. The van der Waals surface area contributed by atoms with E-state index >= 15 is 0 Å². The smallest absolute Gasteiger partial charge is 0.255 e. The molecule has 2 N–H and O–H groups in total. The molecule has 2 fully saturated rings. The number of rotatable bonds is 4. The van der Waals surface area contributed by atoms with Crippen molar-refractivity contribution in [3.8, 4) is 0 Å². The number of carbonyl (C=O) groups excluding carboxylic acids is 2. The van der Waals surface area contributed by atoms with Gasteiger partial charge in [0, 0.05) is 24.7 Å². The van der Waals surface area contributed by atoms with Crippen LogP contribution in [0.1, 0.15) is 55.3 Å². The molecule has 5 nitrogen and oxygen atoms in total. The average Bonchev–Trinajstić information content (AvgIpc) is 2.68. The van der Waals surface area contributed by atoms with Gasteiger partial charge in [0.15, 0.2) is 0 Å². The lowest BCUT2D eigenvalue weighted by molar-refractivity contribution is -0.120. The van der Waals surface area contributed by atoms with Crippen LogP contribution in [-0.2, 0) is 4.79 Å². The molecule has 2 amide bonds. The molecule has 1 saturated carbocycles. The lowest BCUT2D eigenvalue weighted by Crippen LogP contribution is -2.38. The zero-order valence-electron chi connectivity index (χ0n) is 15.4. The van der Waals surface area contributed by atoms with E-state index in [9.17, 15) is 9.59 Å². The number of halogens is 1. The molecule has 1 aromatic carbocycles. The van der Waals surface area contributed by atoms with E-state index in [0.717, 1.165) is 38.8 Å². The lowest BCUT2D eigenvalue weighted by Gasteiger charge is -2.31. The van der Waals surface area contributed by atoms with E-state index in [2.05, 4.69) is 10.6 Å². The fourth-order valence-corrected chi connectivity index (χ4v) is 4.18. The first-order valence-corrected chi connectivity index (χ1v) is 10.0. The Hall–Kier alpha value is -1.59. The first-order valence-electron chi connectivity index (χ1n) is 9.64. The van der Waals surface area contributed by atoms with Gasteiger partial charge in [0.05, 0.1) is 10.6 Å². The largest absolute Gasteiger partial charge is 0.339 e. The molecule has 0 aromatic heterocycles. The number of benzene rings is 1. The van der Waals surface area contributed by atoms with Crippen LogP contribution in [0, 0.1) is 5.92 Å². The number of anilines is 1. The SMILES string of the molecule is CN(C(=O)c1ccc(NC(=O)C2CCNCC2)cc1Cl)C1CCCCC1. The van der Waals surface area contributed by atoms with Crippen molar-refractivity contribution in [3.05, 3.63) is 28.8 Å². The Morgan fingerprint density at radius 2 is 1.81 bits per heavy atom. The minimum atomic E-state index is -0.0434. The van der Waals surface area contributed by atoms with Crippen LogP contribution in [0.2, 0.25) is 5.02 Å². The number of hydrogen-bond acceptors (Lipinski definition) is 3. The molecule has 0 spiro atoms. The summed E-state index contributed by atoms with van der Waals surface area (Å²) in [5.41, 5.74) is 1.15. The van der Waals surface area contributed by atoms with Gasteiger partial charge in [-0.05, 0) is 57.0 Å². The standard InChI is InChI=1S/C20H28ClN3O2/c1-24(16-5-3-2-4-6-16)20(26)17-8-7-15(13-18(17)21)23-19(25)14-9-11-22-12-10-14/h7-8,13-14,16,22H,2-6,9-12H2,1H3,(H,23,25). The first kappa shape index (κ1) is 19.2. The Bertz CT molecular complexity index is 652. The van der Waals surface area contributed by atoms with Gasteiger partial charge in [0.25, 0.3) is 5.91 Å². The number of carbonyl (C=O) groups is 2. The minimum absolute atomic E-state index is 0.0287. The summed E-state index contributed by atoms with van der Waals surface area (Å²) in [6.45, 7) is 1.75. The van der Waals surface area contributed by atoms with Gasteiger partial charge in [-0.1, -0.05) is 30.9 Å². The Labute approximate surface area is 160 Å². The third-order valence-corrected chi connectivity index (χ3v) is 5.93. The van der Waals surface area contributed by atoms with Crippen molar-refractivity contribution in [2.45, 2.75) is 51.0 Å². The fraction of sp³-hybridized carbons (Fsp3) is 0.600. The van der Waals surface area contributed by atoms with Crippen molar-refractivity contribution in [2.24, 2.45) is 5.92 Å². The van der Waals surface area contributed by atoms with E-state index in [-0.39, 0.29) is 17.7 Å². The second-order valence-corrected chi connectivity index (χ2v) is 7.82. The van der Waals surface area contributed by atoms with Gasteiger partial charge in [-0.15, -0.1) is 0 Å². The van der Waals surface area contributed by atoms with Gasteiger partial charge in [0.1, 0.15) is 0 Å². The predicted molar refractivity (Wildman–Crippen MR) is 105 cm³/mol. The van der Waals surface area contributed by atoms with Crippen LogP contribution in [0.4, 0.5) is 5.69 Å². The summed E-state index contributed by atoms with van der Waals surface area (Å²) in [6, 6.07) is 5.48. The summed E-state index contributed by atoms with van der Waals surface area (Å²) < 4.78 is 0. The van der Waals surface area contributed by atoms with Gasteiger partial charge in [-0.25, -0.2) is 0 Å². The summed E-state index contributed by atoms with van der Waals surface area (Å²) in [5, 5.41) is 6.58. The molecule has 0 bridgehead atoms. The molecule has 1 heterocycles. The molecule has 6 heteroatoms. The van der Waals surface area contributed by atoms with Crippen LogP contribution < -0.4 is 10.6 Å². The van der Waals surface area contributed by atoms with E-state index in [4.69, 9.17) is 11.6 Å². The number of nitrogens with zero attached hydrogens (tertiary/aromatic N) is 1. The fourth-order valence-electron chi connectivity index (χ4n) is 3.92. The molecule has 2 aliphatic rings. The van der Waals surface area contributed by atoms with Crippen molar-refractivity contribution >= 4 is 29.1 Å². The molecule has 1 saturated heterocycles. The molecule has 0 radical (unpaired) electrons. The summed E-state index contributed by atoms with van der Waals surface area (Å²) in [5.74, 6) is 0.0212. The Kier molecular flexibility index (Phi) is 6.54. The molecule has 1 aromatic rings. The van der Waals surface area contributed by atoms with E-state index < -0.39 is 0 Å². The van der Waals surface area contributed by atoms with Crippen LogP contribution in [0.5, 0.6) is 0 Å². The van der Waals surface area contributed by atoms with Crippen LogP contribution >= 0.6 is 11.6 Å². The highest BCUT2D eigenvalue weighted by Gasteiger charge is 2.25. The van der Waals surface area contributed by atoms with Gasteiger partial charge >= 0.3 is 0 Å². The second kappa shape index (κ2) is 8.87. The maximum absolute atomic E-state index is 12.8. The normalized spacial score (nSPS) is 19.2. The molecule has 0 atom stereocenters. The van der Waals surface area contributed by atoms with Crippen molar-refractivity contribution in [2.75, 3.05) is 25.5 Å². The van der Waals surface area contributed by atoms with Crippen molar-refractivity contribution in [1.82, 2.24) is 10.2 Å². The first-order chi connectivity index (χ1) is 12.6. The molecule has 3 rings (SSSR count). The lowest BCUT2D eigenvalue weighted by atomic mass is 9.94. The zero-order chi connectivity index (χ0) is 18.5. The quantitative estimate of drug-likeness (QED) is 0.841. The minimum Gasteiger partial charge on any atom is -0.339 e. The van der Waals surface area contributed by atoms with E-state index in [0.29, 0.717) is 22.3 Å². The van der Waals surface area contributed by atoms with E-state index in [1.54, 1.807) is 18.2 Å². The molecule has 1 aliphatic heterocycles. The summed E-state index contributed by atoms with van der Waals surface area (Å²) >= 11 is 6.37. The van der Waals surface area contributed by atoms with Crippen LogP contribution in [-0.4, -0.2) is 42.9 Å². The average molecular weight is 378 g/mol. The highest BCUT2D eigenvalue weighted by atomic mass is 35.5. The molecular weight excluding hydrogens is 350 g/mol. The van der Waals surface area contributed by atoms with Gasteiger partial charge in [-0.3, -0.25) is 9.59 Å². The van der Waals surface area contributed by atoms with Gasteiger partial charge in [-0.2, -0.15) is 0 Å². The Morgan fingerprint density at radius 1 is 1.12 bits per heavy atom. The topological polar surface area (TPSA) is 61.4 Å². The maximum Gasteiger partial charge on any atom is 0.255 e. The number of nitrogens with one attached hydrogen (secondary N) is 2. The second-order valence-electron chi connectivity index (χ2n) is 7.42. The molecule has 1 aliphatic carbocycles. The Balaban J connectivity index is 1.64. The van der Waals surface area contributed by atoms with Gasteiger partial charge < -0.3 is 15.5 Å². The highest BCUT2D eigenvalue weighted by molar-refractivity contribution is 6.34. The number of hydrogen-bond donors (Lipinski definition) is 2. The van der Waals surface area contributed by atoms with E-state index in [1.165, 1.54) is 19.3 Å². The highest BCUT2D eigenvalue weighted by Crippen LogP contribution is 2.27. The van der Waals surface area contributed by atoms with Crippen molar-refractivity contribution in [3.63, 3.8) is 0 Å². The molecule has 26 heavy (non-hydrogen) atoms. The van der Waals surface area contributed by atoms with E-state index in [1.807, 2.05) is 11.9 Å². The molecule has 142 valence electrons. The molecular formula is C20H28ClN3O2. The van der Waals surface area contributed by atoms with Crippen LogP contribution in [0.25, 0.3) is 0 Å². The summed E-state index contributed by atoms with van der Waals surface area (Å²) in [4.78, 5) is 27.0. The number of piperidine rings is 1. The third-order valence-electron chi connectivity index (χ3n) is 5.62. The van der Waals surface area contributed by atoms with Crippen LogP contribution in [0.15, 0.2) is 18.2 Å². The van der Waals surface area contributed by atoms with Crippen LogP contribution in [0.3, 0.4) is 0 Å². The monoisotopic (exact) mass is 377 g/mol. The third kappa shape index (κ3) is 4.57. The zero-order valence-corrected chi connectivity index (χ0v) is 16.1. The van der Waals surface area contributed by atoms with Crippen molar-refractivity contribution in [1.29, 1.82) is 0 Å². The van der Waals surface area contributed by atoms with Crippen molar-refractivity contribution < 1.29 is 9.59 Å². The van der Waals surface area contributed by atoms with Gasteiger partial charge in [0.2, 0.25) is 5.91 Å². The summed E-state index contributed by atoms with van der Waals surface area (Å²) in [7, 11) is 1.86. The predicted octanol–water partition coefficient (Wildman–Crippen LogP) is 3.68. The molecule has 0 unspecified atom stereocenters.